The van der Waals surface area contributed by atoms with E-state index in [2.05, 4.69) is 4.98 Å². The molecule has 104 valence electrons. The monoisotopic (exact) mass is 272 g/mol. The second kappa shape index (κ2) is 5.00. The first-order chi connectivity index (χ1) is 9.65. The predicted molar refractivity (Wildman–Crippen MR) is 74.6 cm³/mol. The Morgan fingerprint density at radius 3 is 2.85 bits per heavy atom. The van der Waals surface area contributed by atoms with Crippen molar-refractivity contribution < 1.29 is 14.7 Å². The Bertz CT molecular complexity index is 629. The standard InChI is InChI=1S/C15H16N2O3/c18-14(17-7-3-5-11(9-17)15(19)20)13-8-10-4-1-2-6-12(10)16-13/h1-2,4,6,8,11,16H,3,5,7,9H2,(H,19,20)/t11-/m0/s1. The number of benzene rings is 1. The third-order valence-corrected chi connectivity index (χ3v) is 3.82. The Morgan fingerprint density at radius 1 is 1.30 bits per heavy atom. The maximum Gasteiger partial charge on any atom is 0.308 e. The second-order valence-electron chi connectivity index (χ2n) is 5.20. The number of fused-ring (bicyclic) bond motifs is 1. The highest BCUT2D eigenvalue weighted by atomic mass is 16.4. The van der Waals surface area contributed by atoms with Crippen LogP contribution in [-0.2, 0) is 4.79 Å². The quantitative estimate of drug-likeness (QED) is 0.879. The van der Waals surface area contributed by atoms with Gasteiger partial charge in [0, 0.05) is 24.0 Å². The number of aromatic amines is 1. The summed E-state index contributed by atoms with van der Waals surface area (Å²) >= 11 is 0. The number of carboxylic acid groups (broad SMARTS) is 1. The van der Waals surface area contributed by atoms with Crippen LogP contribution in [0.15, 0.2) is 30.3 Å². The van der Waals surface area contributed by atoms with Crippen LogP contribution < -0.4 is 0 Å². The zero-order chi connectivity index (χ0) is 14.1. The molecule has 1 aliphatic rings. The Labute approximate surface area is 116 Å². The molecule has 0 saturated carbocycles. The highest BCUT2D eigenvalue weighted by molar-refractivity contribution is 5.98. The summed E-state index contributed by atoms with van der Waals surface area (Å²) in [4.78, 5) is 28.2. The minimum Gasteiger partial charge on any atom is -0.481 e. The average Bonchev–Trinajstić information content (AvgIpc) is 2.90. The lowest BCUT2D eigenvalue weighted by Gasteiger charge is -2.30. The van der Waals surface area contributed by atoms with E-state index < -0.39 is 11.9 Å². The molecule has 5 heteroatoms. The number of rotatable bonds is 2. The molecule has 3 rings (SSSR count). The van der Waals surface area contributed by atoms with Gasteiger partial charge in [-0.3, -0.25) is 9.59 Å². The smallest absolute Gasteiger partial charge is 0.308 e. The van der Waals surface area contributed by atoms with E-state index in [1.807, 2.05) is 30.3 Å². The van der Waals surface area contributed by atoms with Crippen molar-refractivity contribution in [1.29, 1.82) is 0 Å². The molecule has 1 fully saturated rings. The molecule has 2 N–H and O–H groups in total. The maximum absolute atomic E-state index is 12.4. The lowest BCUT2D eigenvalue weighted by molar-refractivity contribution is -0.143. The van der Waals surface area contributed by atoms with Crippen LogP contribution in [0.5, 0.6) is 0 Å². The number of nitrogens with one attached hydrogen (secondary N) is 1. The van der Waals surface area contributed by atoms with Crippen molar-refractivity contribution in [2.45, 2.75) is 12.8 Å². The number of carboxylic acids is 1. The molecule has 1 aromatic heterocycles. The Morgan fingerprint density at radius 2 is 2.10 bits per heavy atom. The highest BCUT2D eigenvalue weighted by Crippen LogP contribution is 2.21. The molecular formula is C15H16N2O3. The fourth-order valence-electron chi connectivity index (χ4n) is 2.72. The second-order valence-corrected chi connectivity index (χ2v) is 5.20. The van der Waals surface area contributed by atoms with Gasteiger partial charge < -0.3 is 15.0 Å². The van der Waals surface area contributed by atoms with Crippen LogP contribution in [0.4, 0.5) is 0 Å². The van der Waals surface area contributed by atoms with Gasteiger partial charge in [0.1, 0.15) is 5.69 Å². The molecular weight excluding hydrogens is 256 g/mol. The summed E-state index contributed by atoms with van der Waals surface area (Å²) in [5.74, 6) is -1.39. The SMILES string of the molecule is O=C(O)[C@H]1CCCN(C(=O)c2cc3ccccc3[nH]2)C1. The number of nitrogens with zero attached hydrogens (tertiary/aromatic N) is 1. The first kappa shape index (κ1) is 12.7. The van der Waals surface area contributed by atoms with Crippen molar-refractivity contribution in [3.05, 3.63) is 36.0 Å². The van der Waals surface area contributed by atoms with Crippen molar-refractivity contribution in [3.8, 4) is 0 Å². The number of para-hydroxylation sites is 1. The van der Waals surface area contributed by atoms with Crippen LogP contribution >= 0.6 is 0 Å². The largest absolute Gasteiger partial charge is 0.481 e. The van der Waals surface area contributed by atoms with Crippen LogP contribution in [0.25, 0.3) is 10.9 Å². The fourth-order valence-corrected chi connectivity index (χ4v) is 2.72. The van der Waals surface area contributed by atoms with Crippen LogP contribution in [-0.4, -0.2) is 40.0 Å². The lowest BCUT2D eigenvalue weighted by Crippen LogP contribution is -2.42. The van der Waals surface area contributed by atoms with Gasteiger partial charge in [0.25, 0.3) is 5.91 Å². The van der Waals surface area contributed by atoms with Crippen molar-refractivity contribution in [2.75, 3.05) is 13.1 Å². The maximum atomic E-state index is 12.4. The molecule has 1 amide bonds. The third kappa shape index (κ3) is 2.27. The number of hydrogen-bond acceptors (Lipinski definition) is 2. The molecule has 0 bridgehead atoms. The van der Waals surface area contributed by atoms with Crippen LogP contribution in [0.3, 0.4) is 0 Å². The zero-order valence-corrected chi connectivity index (χ0v) is 11.0. The van der Waals surface area contributed by atoms with Crippen molar-refractivity contribution in [2.24, 2.45) is 5.92 Å². The van der Waals surface area contributed by atoms with E-state index >= 15 is 0 Å². The van der Waals surface area contributed by atoms with Gasteiger partial charge in [-0.1, -0.05) is 18.2 Å². The summed E-state index contributed by atoms with van der Waals surface area (Å²) in [5.41, 5.74) is 1.44. The minimum atomic E-state index is -0.820. The van der Waals surface area contributed by atoms with Gasteiger partial charge in [0.05, 0.1) is 5.92 Å². The van der Waals surface area contributed by atoms with Crippen LogP contribution in [0.2, 0.25) is 0 Å². The molecule has 2 heterocycles. The number of carbonyl (C=O) groups excluding carboxylic acids is 1. The van der Waals surface area contributed by atoms with Gasteiger partial charge in [-0.2, -0.15) is 0 Å². The van der Waals surface area contributed by atoms with Crippen molar-refractivity contribution in [1.82, 2.24) is 9.88 Å². The Kier molecular flexibility index (Phi) is 3.18. The number of carbonyl (C=O) groups is 2. The summed E-state index contributed by atoms with van der Waals surface area (Å²) in [7, 11) is 0. The van der Waals surface area contributed by atoms with E-state index in [9.17, 15) is 9.59 Å². The fraction of sp³-hybridized carbons (Fsp3) is 0.333. The number of piperidine rings is 1. The molecule has 0 radical (unpaired) electrons. The van der Waals surface area contributed by atoms with E-state index in [4.69, 9.17) is 5.11 Å². The topological polar surface area (TPSA) is 73.4 Å². The van der Waals surface area contributed by atoms with Gasteiger partial charge in [-0.15, -0.1) is 0 Å². The lowest BCUT2D eigenvalue weighted by atomic mass is 9.98. The molecule has 1 saturated heterocycles. The van der Waals surface area contributed by atoms with E-state index in [-0.39, 0.29) is 5.91 Å². The molecule has 0 unspecified atom stereocenters. The first-order valence-corrected chi connectivity index (χ1v) is 6.75. The number of H-pyrrole nitrogens is 1. The van der Waals surface area contributed by atoms with E-state index in [0.717, 1.165) is 17.3 Å². The molecule has 1 atom stereocenters. The number of aromatic nitrogens is 1. The molecule has 1 aliphatic heterocycles. The summed E-state index contributed by atoms with van der Waals surface area (Å²) in [5, 5.41) is 10.1. The third-order valence-electron chi connectivity index (χ3n) is 3.82. The number of amides is 1. The minimum absolute atomic E-state index is 0.118. The number of aliphatic carboxylic acids is 1. The Hall–Kier alpha value is -2.30. The summed E-state index contributed by atoms with van der Waals surface area (Å²) < 4.78 is 0. The van der Waals surface area contributed by atoms with Gasteiger partial charge in [-0.25, -0.2) is 0 Å². The first-order valence-electron chi connectivity index (χ1n) is 6.75. The average molecular weight is 272 g/mol. The summed E-state index contributed by atoms with van der Waals surface area (Å²) in [6.45, 7) is 0.918. The molecule has 2 aromatic rings. The predicted octanol–water partition coefficient (Wildman–Crippen LogP) is 2.10. The number of hydrogen-bond donors (Lipinski definition) is 2. The molecule has 5 nitrogen and oxygen atoms in total. The van der Waals surface area contributed by atoms with Gasteiger partial charge in [0.15, 0.2) is 0 Å². The zero-order valence-electron chi connectivity index (χ0n) is 11.0. The van der Waals surface area contributed by atoms with E-state index in [0.29, 0.717) is 25.2 Å². The van der Waals surface area contributed by atoms with E-state index in [1.54, 1.807) is 4.90 Å². The summed E-state index contributed by atoms with van der Waals surface area (Å²) in [6, 6.07) is 9.52. The van der Waals surface area contributed by atoms with E-state index in [1.165, 1.54) is 0 Å². The normalized spacial score (nSPS) is 19.2. The van der Waals surface area contributed by atoms with Gasteiger partial charge in [0.2, 0.25) is 0 Å². The number of likely N-dealkylation sites (tertiary alicyclic amines) is 1. The highest BCUT2D eigenvalue weighted by Gasteiger charge is 2.29. The van der Waals surface area contributed by atoms with Crippen LogP contribution in [0, 0.1) is 5.92 Å². The molecule has 0 aliphatic carbocycles. The van der Waals surface area contributed by atoms with Crippen molar-refractivity contribution >= 4 is 22.8 Å². The molecule has 0 spiro atoms. The van der Waals surface area contributed by atoms with Gasteiger partial charge >= 0.3 is 5.97 Å². The summed E-state index contributed by atoms with van der Waals surface area (Å²) in [6.07, 6.45) is 1.38. The van der Waals surface area contributed by atoms with Crippen molar-refractivity contribution in [3.63, 3.8) is 0 Å². The molecule has 20 heavy (non-hydrogen) atoms. The van der Waals surface area contributed by atoms with Gasteiger partial charge in [-0.05, 0) is 25.0 Å². The van der Waals surface area contributed by atoms with Crippen LogP contribution in [0.1, 0.15) is 23.3 Å². The Balaban J connectivity index is 1.82. The molecule has 1 aromatic carbocycles.